The van der Waals surface area contributed by atoms with E-state index >= 15 is 0 Å². The van der Waals surface area contributed by atoms with E-state index in [4.69, 9.17) is 5.73 Å². The van der Waals surface area contributed by atoms with Gasteiger partial charge in [-0.05, 0) is 37.1 Å². The third-order valence-corrected chi connectivity index (χ3v) is 4.66. The van der Waals surface area contributed by atoms with Crippen molar-refractivity contribution in [3.63, 3.8) is 0 Å². The van der Waals surface area contributed by atoms with Crippen LogP contribution in [0.1, 0.15) is 44.3 Å². The molecule has 2 aliphatic rings. The minimum absolute atomic E-state index is 0.340. The lowest BCUT2D eigenvalue weighted by Gasteiger charge is -2.40. The molecule has 4 heteroatoms. The summed E-state index contributed by atoms with van der Waals surface area (Å²) in [5.41, 5.74) is 6.27. The zero-order valence-corrected chi connectivity index (χ0v) is 10.7. The van der Waals surface area contributed by atoms with Gasteiger partial charge in [-0.2, -0.15) is 0 Å². The number of fused-ring (bicyclic) bond motifs is 1. The highest BCUT2D eigenvalue weighted by Crippen LogP contribution is 2.42. The van der Waals surface area contributed by atoms with Crippen molar-refractivity contribution < 1.29 is 0 Å². The number of nitrogens with two attached hydrogens (primary N) is 1. The molecule has 2 N–H and O–H groups in total. The third-order valence-electron chi connectivity index (χ3n) is 4.66. The molecule has 0 aromatic carbocycles. The molecule has 1 aliphatic carbocycles. The van der Waals surface area contributed by atoms with Crippen LogP contribution in [0.2, 0.25) is 0 Å². The van der Waals surface area contributed by atoms with Crippen molar-refractivity contribution in [2.45, 2.75) is 52.0 Å². The summed E-state index contributed by atoms with van der Waals surface area (Å²) in [6.45, 7) is 4.19. The summed E-state index contributed by atoms with van der Waals surface area (Å²) in [6.07, 6.45) is 7.24. The summed E-state index contributed by atoms with van der Waals surface area (Å²) in [7, 11) is 0. The summed E-state index contributed by atoms with van der Waals surface area (Å²) >= 11 is 0. The smallest absolute Gasteiger partial charge is 0.133 e. The highest BCUT2D eigenvalue weighted by atomic mass is 15.3. The number of rotatable bonds is 3. The van der Waals surface area contributed by atoms with E-state index in [1.807, 2.05) is 0 Å². The number of hydrogen-bond donors (Lipinski definition) is 1. The summed E-state index contributed by atoms with van der Waals surface area (Å²) < 4.78 is 2.34. The van der Waals surface area contributed by atoms with Crippen molar-refractivity contribution in [2.24, 2.45) is 17.1 Å². The van der Waals surface area contributed by atoms with Gasteiger partial charge in [0.1, 0.15) is 11.6 Å². The number of hydrogen-bond acceptors (Lipinski definition) is 3. The number of aromatic nitrogens is 3. The van der Waals surface area contributed by atoms with Crippen molar-refractivity contribution in [1.82, 2.24) is 14.8 Å². The van der Waals surface area contributed by atoms with Crippen LogP contribution in [0.5, 0.6) is 0 Å². The molecule has 0 radical (unpaired) electrons. The van der Waals surface area contributed by atoms with E-state index < -0.39 is 0 Å². The second kappa shape index (κ2) is 4.09. The van der Waals surface area contributed by atoms with E-state index in [9.17, 15) is 0 Å². The van der Waals surface area contributed by atoms with Gasteiger partial charge in [-0.25, -0.2) is 0 Å². The molecular formula is C13H22N4. The van der Waals surface area contributed by atoms with E-state index in [0.717, 1.165) is 31.8 Å². The lowest BCUT2D eigenvalue weighted by Crippen LogP contribution is -2.40. The molecule has 1 unspecified atom stereocenters. The summed E-state index contributed by atoms with van der Waals surface area (Å²) in [5.74, 6) is 3.12. The van der Waals surface area contributed by atoms with E-state index in [1.165, 1.54) is 37.3 Å². The van der Waals surface area contributed by atoms with Gasteiger partial charge < -0.3 is 10.3 Å². The predicted octanol–water partition coefficient (Wildman–Crippen LogP) is 1.53. The molecule has 4 nitrogen and oxygen atoms in total. The molecule has 1 atom stereocenters. The van der Waals surface area contributed by atoms with Crippen molar-refractivity contribution >= 4 is 0 Å². The van der Waals surface area contributed by atoms with Crippen molar-refractivity contribution in [1.29, 1.82) is 0 Å². The summed E-state index contributed by atoms with van der Waals surface area (Å²) in [4.78, 5) is 0. The Bertz CT molecular complexity index is 400. The maximum absolute atomic E-state index is 5.93. The Balaban J connectivity index is 1.80. The molecular weight excluding hydrogens is 212 g/mol. The largest absolute Gasteiger partial charge is 0.330 e. The van der Waals surface area contributed by atoms with Crippen LogP contribution >= 0.6 is 0 Å². The van der Waals surface area contributed by atoms with Crippen LogP contribution in [-0.4, -0.2) is 21.3 Å². The Labute approximate surface area is 103 Å². The van der Waals surface area contributed by atoms with Crippen molar-refractivity contribution in [2.75, 3.05) is 6.54 Å². The van der Waals surface area contributed by atoms with Gasteiger partial charge in [-0.3, -0.25) is 0 Å². The molecule has 94 valence electrons. The monoisotopic (exact) mass is 234 g/mol. The van der Waals surface area contributed by atoms with Gasteiger partial charge in [0.15, 0.2) is 0 Å². The zero-order chi connectivity index (χ0) is 11.9. The Morgan fingerprint density at radius 2 is 2.24 bits per heavy atom. The van der Waals surface area contributed by atoms with Gasteiger partial charge in [0.2, 0.25) is 0 Å². The molecule has 0 bridgehead atoms. The van der Waals surface area contributed by atoms with Crippen LogP contribution in [0.4, 0.5) is 0 Å². The van der Waals surface area contributed by atoms with Crippen LogP contribution in [0.3, 0.4) is 0 Å². The highest BCUT2D eigenvalue weighted by molar-refractivity contribution is 5.05. The SMILES string of the molecule is CC1CCn2c(nnc2CC2(CN)CCC2)C1. The molecule has 1 aliphatic heterocycles. The minimum atomic E-state index is 0.340. The van der Waals surface area contributed by atoms with Crippen molar-refractivity contribution in [3.05, 3.63) is 11.6 Å². The molecule has 3 rings (SSSR count). The topological polar surface area (TPSA) is 56.7 Å². The minimum Gasteiger partial charge on any atom is -0.330 e. The maximum Gasteiger partial charge on any atom is 0.133 e. The molecule has 1 saturated carbocycles. The molecule has 17 heavy (non-hydrogen) atoms. The summed E-state index contributed by atoms with van der Waals surface area (Å²) in [6, 6.07) is 0. The van der Waals surface area contributed by atoms with Gasteiger partial charge in [-0.1, -0.05) is 13.3 Å². The fourth-order valence-electron chi connectivity index (χ4n) is 3.14. The van der Waals surface area contributed by atoms with Crippen LogP contribution in [-0.2, 0) is 19.4 Å². The average molecular weight is 234 g/mol. The Morgan fingerprint density at radius 1 is 1.41 bits per heavy atom. The van der Waals surface area contributed by atoms with E-state index in [2.05, 4.69) is 21.7 Å². The standard InChI is InChI=1S/C13H22N4/c1-10-3-6-17-11(7-10)15-16-12(17)8-13(9-14)4-2-5-13/h10H,2-9,14H2,1H3. The number of nitrogens with zero attached hydrogens (tertiary/aromatic N) is 3. The zero-order valence-electron chi connectivity index (χ0n) is 10.7. The van der Waals surface area contributed by atoms with Crippen LogP contribution in [0, 0.1) is 11.3 Å². The quantitative estimate of drug-likeness (QED) is 0.863. The lowest BCUT2D eigenvalue weighted by atomic mass is 9.66. The lowest BCUT2D eigenvalue weighted by molar-refractivity contribution is 0.139. The maximum atomic E-state index is 5.93. The average Bonchev–Trinajstić information content (AvgIpc) is 2.66. The molecule has 0 spiro atoms. The fraction of sp³-hybridized carbons (Fsp3) is 0.846. The van der Waals surface area contributed by atoms with E-state index in [-0.39, 0.29) is 0 Å². The molecule has 1 fully saturated rings. The van der Waals surface area contributed by atoms with Gasteiger partial charge in [-0.15, -0.1) is 10.2 Å². The first-order valence-electron chi connectivity index (χ1n) is 6.83. The summed E-state index contributed by atoms with van der Waals surface area (Å²) in [5, 5.41) is 8.76. The molecule has 1 aromatic rings. The van der Waals surface area contributed by atoms with Gasteiger partial charge >= 0.3 is 0 Å². The Kier molecular flexibility index (Phi) is 2.69. The van der Waals surface area contributed by atoms with E-state index in [1.54, 1.807) is 0 Å². The van der Waals surface area contributed by atoms with Crippen LogP contribution in [0.15, 0.2) is 0 Å². The molecule has 0 saturated heterocycles. The van der Waals surface area contributed by atoms with Gasteiger partial charge in [0.25, 0.3) is 0 Å². The van der Waals surface area contributed by atoms with Gasteiger partial charge in [0.05, 0.1) is 0 Å². The Morgan fingerprint density at radius 3 is 2.88 bits per heavy atom. The van der Waals surface area contributed by atoms with Gasteiger partial charge in [0, 0.05) is 19.4 Å². The highest BCUT2D eigenvalue weighted by Gasteiger charge is 2.37. The fourth-order valence-corrected chi connectivity index (χ4v) is 3.14. The third kappa shape index (κ3) is 1.88. The first-order valence-corrected chi connectivity index (χ1v) is 6.83. The van der Waals surface area contributed by atoms with Crippen molar-refractivity contribution in [3.8, 4) is 0 Å². The van der Waals surface area contributed by atoms with Crippen LogP contribution in [0.25, 0.3) is 0 Å². The molecule has 0 amide bonds. The second-order valence-electron chi connectivity index (χ2n) is 6.02. The van der Waals surface area contributed by atoms with Crippen LogP contribution < -0.4 is 5.73 Å². The second-order valence-corrected chi connectivity index (χ2v) is 6.02. The van der Waals surface area contributed by atoms with E-state index in [0.29, 0.717) is 5.41 Å². The first-order chi connectivity index (χ1) is 8.22. The molecule has 2 heterocycles. The predicted molar refractivity (Wildman–Crippen MR) is 66.5 cm³/mol. The Hall–Kier alpha value is -0.900. The first kappa shape index (κ1) is 11.2. The molecule has 1 aromatic heterocycles. The normalized spacial score (nSPS) is 26.4.